The van der Waals surface area contributed by atoms with E-state index < -0.39 is 52.7 Å². The highest BCUT2D eigenvalue weighted by Gasteiger charge is 2.52. The van der Waals surface area contributed by atoms with Gasteiger partial charge in [0, 0.05) is 74.8 Å². The first-order chi connectivity index (χ1) is 36.2. The maximum absolute atomic E-state index is 15.2. The number of aryl methyl sites for hydroxylation is 1. The third-order valence-electron chi connectivity index (χ3n) is 16.2. The third-order valence-corrected chi connectivity index (χ3v) is 16.2. The number of rotatable bonds is 13. The Kier molecular flexibility index (Phi) is 15.8. The van der Waals surface area contributed by atoms with E-state index in [9.17, 15) is 19.2 Å². The molecule has 17 heteroatoms. The van der Waals surface area contributed by atoms with Crippen LogP contribution in [0.5, 0.6) is 5.75 Å². The summed E-state index contributed by atoms with van der Waals surface area (Å²) in [6.45, 7) is 14.4. The average Bonchev–Trinajstić information content (AvgIpc) is 4.34. The van der Waals surface area contributed by atoms with Gasteiger partial charge in [-0.2, -0.15) is 0 Å². The highest BCUT2D eigenvalue weighted by Crippen LogP contribution is 2.43. The first kappa shape index (κ1) is 54.6. The summed E-state index contributed by atoms with van der Waals surface area (Å²) in [5.41, 5.74) is 8.67. The highest BCUT2D eigenvalue weighted by molar-refractivity contribution is 5.97. The molecule has 9 rings (SSSR count). The van der Waals surface area contributed by atoms with Crippen molar-refractivity contribution in [2.45, 2.75) is 156 Å². The largest absolute Gasteiger partial charge is 0.464 e. The number of carbonyl (C=O) groups is 6. The molecule has 5 heterocycles. The average molecular weight is 1040 g/mol. The number of ether oxygens (including phenoxy) is 3. The summed E-state index contributed by atoms with van der Waals surface area (Å²) in [6, 6.07) is 12.7. The number of nitrogens with zero attached hydrogens (tertiary/aromatic N) is 5. The highest BCUT2D eigenvalue weighted by atomic mass is 16.5. The normalized spacial score (nSPS) is 22.8. The SMILES string of the molecule is CCn1c(-c2cccnc2[C@H](C)OC)c2c3cc(ccc31)-c1cc(cc(OC(=O)C(C)(C)C)c1)C[C@H](NC(=O)[C@H](C1CCCC1)N(C)C(=O)CN(C)C(=O)[C@@H]1N[C@@H]1C1CC1)C(=O)N1CCC[C@H](N1)C(=O)OCC(C)(C)C2. The molecule has 4 fully saturated rings. The number of aromatic nitrogens is 2. The number of fused-ring (bicyclic) bond motifs is 6. The van der Waals surface area contributed by atoms with Crippen molar-refractivity contribution in [1.29, 1.82) is 0 Å². The molecule has 0 spiro atoms. The van der Waals surface area contributed by atoms with Crippen LogP contribution in [-0.4, -0.2) is 131 Å². The summed E-state index contributed by atoms with van der Waals surface area (Å²) in [5.74, 6) is -1.83. The first-order valence-electron chi connectivity index (χ1n) is 27.5. The molecule has 76 heavy (non-hydrogen) atoms. The molecule has 2 saturated carbocycles. The summed E-state index contributed by atoms with van der Waals surface area (Å²) < 4.78 is 20.5. The van der Waals surface area contributed by atoms with Crippen molar-refractivity contribution in [3.63, 3.8) is 0 Å². The monoisotopic (exact) mass is 1040 g/mol. The van der Waals surface area contributed by atoms with Crippen LogP contribution in [-0.2, 0) is 57.6 Å². The van der Waals surface area contributed by atoms with Crippen LogP contribution >= 0.6 is 0 Å². The minimum Gasteiger partial charge on any atom is -0.464 e. The van der Waals surface area contributed by atoms with Gasteiger partial charge in [-0.1, -0.05) is 38.8 Å². The van der Waals surface area contributed by atoms with Crippen LogP contribution in [0.15, 0.2) is 54.7 Å². The Labute approximate surface area is 447 Å². The van der Waals surface area contributed by atoms with Gasteiger partial charge in [-0.05, 0) is 150 Å². The minimum absolute atomic E-state index is 0.0336. The number of carbonyl (C=O) groups excluding carboxylic acids is 6. The number of amides is 4. The van der Waals surface area contributed by atoms with E-state index in [0.29, 0.717) is 50.1 Å². The number of nitrogens with one attached hydrogen (secondary N) is 3. The Hall–Kier alpha value is -6.17. The molecule has 6 atom stereocenters. The van der Waals surface area contributed by atoms with Crippen LogP contribution in [0.25, 0.3) is 33.3 Å². The van der Waals surface area contributed by atoms with E-state index in [-0.39, 0.29) is 67.8 Å². The number of hydrogen-bond donors (Lipinski definition) is 3. The van der Waals surface area contributed by atoms with Crippen molar-refractivity contribution in [2.75, 3.05) is 40.9 Å². The molecule has 3 N–H and O–H groups in total. The third kappa shape index (κ3) is 11.7. The Bertz CT molecular complexity index is 2880. The zero-order chi connectivity index (χ0) is 54.4. The van der Waals surface area contributed by atoms with Gasteiger partial charge in [0.15, 0.2) is 0 Å². The van der Waals surface area contributed by atoms with Gasteiger partial charge in [-0.15, -0.1) is 0 Å². The van der Waals surface area contributed by atoms with Gasteiger partial charge >= 0.3 is 11.9 Å². The van der Waals surface area contributed by atoms with E-state index in [2.05, 4.69) is 59.6 Å². The number of cyclic esters (lactones) is 1. The predicted octanol–water partition coefficient (Wildman–Crippen LogP) is 6.92. The number of pyridine rings is 1. The van der Waals surface area contributed by atoms with Crippen LogP contribution in [0.2, 0.25) is 0 Å². The number of esters is 2. The lowest BCUT2D eigenvalue weighted by Gasteiger charge is -2.37. The first-order valence-corrected chi connectivity index (χ1v) is 27.5. The standard InChI is InChI=1S/C59H78N8O9/c1-11-66-46-23-22-38-30-42(46)43(52(66)41-18-14-24-60-48(41)34(2)74-10)31-59(6,7)33-75-56(72)44-19-15-25-67(63-44)54(70)45(28-35-26-39(38)29-40(27-35)76-57(73)58(3,4)5)61-53(69)51(37-16-12-13-17-37)65(9)47(68)32-64(8)55(71)50-49(62-50)36-20-21-36/h14,18,22-24,26-27,29-30,34,36-37,44-45,49-51,62-63H,11-13,15-17,19-21,25,28,31-33H2,1-10H3,(H,61,69)/t34-,44-,45-,49+,50+,51-/m0/s1. The molecule has 2 aromatic heterocycles. The van der Waals surface area contributed by atoms with Crippen LogP contribution in [0.4, 0.5) is 0 Å². The molecule has 2 aromatic carbocycles. The second-order valence-electron chi connectivity index (χ2n) is 23.8. The smallest absolute Gasteiger partial charge is 0.324 e. The summed E-state index contributed by atoms with van der Waals surface area (Å²) in [7, 11) is 4.90. The molecule has 17 nitrogen and oxygen atoms in total. The molecule has 6 bridgehead atoms. The van der Waals surface area contributed by atoms with E-state index in [0.717, 1.165) is 70.2 Å². The molecular formula is C59H78N8O9. The van der Waals surface area contributed by atoms with Crippen LogP contribution < -0.4 is 20.8 Å². The van der Waals surface area contributed by atoms with Crippen molar-refractivity contribution >= 4 is 46.5 Å². The Morgan fingerprint density at radius 1 is 0.974 bits per heavy atom. The second-order valence-corrected chi connectivity index (χ2v) is 23.8. The zero-order valence-electron chi connectivity index (χ0n) is 46.1. The van der Waals surface area contributed by atoms with Gasteiger partial charge in [0.1, 0.15) is 29.9 Å². The number of likely N-dealkylation sites (N-methyl/N-ethyl adjacent to an activating group) is 2. The number of benzene rings is 2. The lowest BCUT2D eigenvalue weighted by molar-refractivity contribution is -0.155. The molecule has 0 radical (unpaired) electrons. The van der Waals surface area contributed by atoms with E-state index >= 15 is 9.59 Å². The molecule has 3 aliphatic heterocycles. The maximum Gasteiger partial charge on any atom is 0.324 e. The molecular weight excluding hydrogens is 965 g/mol. The zero-order valence-corrected chi connectivity index (χ0v) is 46.1. The fourth-order valence-corrected chi connectivity index (χ4v) is 11.6. The predicted molar refractivity (Wildman–Crippen MR) is 288 cm³/mol. The fourth-order valence-electron chi connectivity index (χ4n) is 11.6. The quantitative estimate of drug-likeness (QED) is 0.0710. The molecule has 0 unspecified atom stereocenters. The molecule has 2 saturated heterocycles. The van der Waals surface area contributed by atoms with E-state index in [1.807, 2.05) is 31.2 Å². The molecule has 5 aliphatic rings. The summed E-state index contributed by atoms with van der Waals surface area (Å²) >= 11 is 0. The van der Waals surface area contributed by atoms with Gasteiger partial charge in [0.25, 0.3) is 5.91 Å². The minimum atomic E-state index is -1.20. The Morgan fingerprint density at radius 2 is 1.72 bits per heavy atom. The van der Waals surface area contributed by atoms with Crippen molar-refractivity contribution in [3.05, 3.63) is 71.5 Å². The van der Waals surface area contributed by atoms with Crippen molar-refractivity contribution in [2.24, 2.45) is 22.7 Å². The lowest BCUT2D eigenvalue weighted by Crippen LogP contribution is -2.62. The summed E-state index contributed by atoms with van der Waals surface area (Å²) in [4.78, 5) is 93.4. The fraction of sp³-hybridized carbons (Fsp3) is 0.576. The molecule has 4 amide bonds. The Balaban J connectivity index is 1.14. The summed E-state index contributed by atoms with van der Waals surface area (Å²) in [6.07, 6.45) is 8.27. The van der Waals surface area contributed by atoms with Crippen LogP contribution in [0, 0.1) is 22.7 Å². The number of hydrogen-bond acceptors (Lipinski definition) is 12. The topological polar surface area (TPSA) is 204 Å². The van der Waals surface area contributed by atoms with Gasteiger partial charge in [-0.3, -0.25) is 44.1 Å². The Morgan fingerprint density at radius 3 is 2.42 bits per heavy atom. The van der Waals surface area contributed by atoms with Gasteiger partial charge in [-0.25, -0.2) is 5.43 Å². The van der Waals surface area contributed by atoms with Crippen molar-refractivity contribution < 1.29 is 43.0 Å². The summed E-state index contributed by atoms with van der Waals surface area (Å²) in [5, 5.41) is 8.79. The molecule has 4 aromatic rings. The van der Waals surface area contributed by atoms with Gasteiger partial charge < -0.3 is 33.9 Å². The second kappa shape index (κ2) is 22.1. The van der Waals surface area contributed by atoms with E-state index in [1.165, 1.54) is 14.8 Å². The van der Waals surface area contributed by atoms with E-state index in [1.54, 1.807) is 54.2 Å². The van der Waals surface area contributed by atoms with E-state index in [4.69, 9.17) is 19.2 Å². The van der Waals surface area contributed by atoms with Gasteiger partial charge in [0.05, 0.1) is 36.1 Å². The molecule has 408 valence electrons. The molecule has 2 aliphatic carbocycles. The number of methoxy groups -OCH3 is 1. The van der Waals surface area contributed by atoms with Crippen LogP contribution in [0.1, 0.15) is 123 Å². The van der Waals surface area contributed by atoms with Crippen molar-refractivity contribution in [1.82, 2.24) is 40.4 Å². The van der Waals surface area contributed by atoms with Gasteiger partial charge in [0.2, 0.25) is 17.7 Å². The number of hydrazine groups is 1. The lowest BCUT2D eigenvalue weighted by atomic mass is 9.84. The maximum atomic E-state index is 15.2. The van der Waals surface area contributed by atoms with Crippen molar-refractivity contribution in [3.8, 4) is 28.1 Å². The van der Waals surface area contributed by atoms with Crippen LogP contribution in [0.3, 0.4) is 0 Å².